The van der Waals surface area contributed by atoms with E-state index in [1.807, 2.05) is 0 Å². The fourth-order valence-electron chi connectivity index (χ4n) is 3.77. The van der Waals surface area contributed by atoms with Gasteiger partial charge in [0.05, 0.1) is 7.11 Å². The highest BCUT2D eigenvalue weighted by Gasteiger charge is 2.34. The lowest BCUT2D eigenvalue weighted by atomic mass is 9.98. The molecule has 0 aliphatic carbocycles. The van der Waals surface area contributed by atoms with Gasteiger partial charge in [-0.25, -0.2) is 0 Å². The number of rotatable bonds is 4. The summed E-state index contributed by atoms with van der Waals surface area (Å²) in [6, 6.07) is 8.81. The van der Waals surface area contributed by atoms with E-state index in [-0.39, 0.29) is 0 Å². The quantitative estimate of drug-likeness (QED) is 0.913. The smallest absolute Gasteiger partial charge is 0.122 e. The fourth-order valence-corrected chi connectivity index (χ4v) is 3.77. The van der Waals surface area contributed by atoms with Crippen molar-refractivity contribution in [2.45, 2.75) is 57.3 Å². The molecule has 0 aromatic heterocycles. The molecule has 0 spiro atoms. The highest BCUT2D eigenvalue weighted by Crippen LogP contribution is 2.30. The molecule has 2 atom stereocenters. The van der Waals surface area contributed by atoms with Gasteiger partial charge >= 0.3 is 0 Å². The van der Waals surface area contributed by atoms with E-state index in [0.717, 1.165) is 30.4 Å². The largest absolute Gasteiger partial charge is 0.496 e. The first-order chi connectivity index (χ1) is 9.65. The Morgan fingerprint density at radius 1 is 1.25 bits per heavy atom. The van der Waals surface area contributed by atoms with Crippen molar-refractivity contribution in [3.8, 4) is 5.75 Å². The van der Waals surface area contributed by atoms with Crippen LogP contribution in [-0.2, 0) is 6.54 Å². The Bertz CT molecular complexity index is 462. The van der Waals surface area contributed by atoms with Crippen LogP contribution in [0.15, 0.2) is 18.2 Å². The molecule has 2 bridgehead atoms. The highest BCUT2D eigenvalue weighted by atomic mass is 16.5. The monoisotopic (exact) mass is 274 g/mol. The molecule has 110 valence electrons. The fraction of sp³-hybridized carbons (Fsp3) is 0.647. The zero-order chi connectivity index (χ0) is 14.1. The molecular formula is C17H26N2O. The van der Waals surface area contributed by atoms with Gasteiger partial charge < -0.3 is 10.1 Å². The standard InChI is InChI=1S/C17H26N2O/c1-12-4-5-13(8-17(12)20-3)11-19(2)16-9-14-6-7-15(10-16)18-14/h4-5,8,14-16,18H,6-7,9-11H2,1-3H3. The second kappa shape index (κ2) is 5.74. The maximum absolute atomic E-state index is 5.43. The molecule has 0 saturated carbocycles. The summed E-state index contributed by atoms with van der Waals surface area (Å²) in [4.78, 5) is 2.52. The van der Waals surface area contributed by atoms with Crippen LogP contribution in [0, 0.1) is 6.92 Å². The number of methoxy groups -OCH3 is 1. The van der Waals surface area contributed by atoms with E-state index in [1.54, 1.807) is 7.11 Å². The summed E-state index contributed by atoms with van der Waals surface area (Å²) in [5.41, 5.74) is 2.56. The van der Waals surface area contributed by atoms with E-state index in [1.165, 1.54) is 36.8 Å². The predicted octanol–water partition coefficient (Wildman–Crippen LogP) is 2.72. The molecule has 1 N–H and O–H groups in total. The van der Waals surface area contributed by atoms with Crippen molar-refractivity contribution in [2.75, 3.05) is 14.2 Å². The van der Waals surface area contributed by atoms with E-state index in [9.17, 15) is 0 Å². The van der Waals surface area contributed by atoms with E-state index in [4.69, 9.17) is 4.74 Å². The van der Waals surface area contributed by atoms with Gasteiger partial charge in [-0.05, 0) is 56.8 Å². The highest BCUT2D eigenvalue weighted by molar-refractivity contribution is 5.36. The van der Waals surface area contributed by atoms with Crippen LogP contribution < -0.4 is 10.1 Å². The molecular weight excluding hydrogens is 248 g/mol. The SMILES string of the molecule is COc1cc(CN(C)C2CC3CCC(C2)N3)ccc1C. The number of nitrogens with one attached hydrogen (secondary N) is 1. The predicted molar refractivity (Wildman–Crippen MR) is 82.2 cm³/mol. The number of aryl methyl sites for hydroxylation is 1. The van der Waals surface area contributed by atoms with Crippen LogP contribution in [0.1, 0.15) is 36.8 Å². The first-order valence-electron chi connectivity index (χ1n) is 7.75. The molecule has 2 aliphatic heterocycles. The first kappa shape index (κ1) is 13.9. The molecule has 1 aromatic rings. The molecule has 2 aliphatic rings. The lowest BCUT2D eigenvalue weighted by Gasteiger charge is -2.35. The number of benzene rings is 1. The van der Waals surface area contributed by atoms with Crippen LogP contribution in [0.25, 0.3) is 0 Å². The number of hydrogen-bond donors (Lipinski definition) is 1. The average molecular weight is 274 g/mol. The van der Waals surface area contributed by atoms with Crippen LogP contribution in [-0.4, -0.2) is 37.2 Å². The number of hydrogen-bond acceptors (Lipinski definition) is 3. The Balaban J connectivity index is 1.65. The minimum Gasteiger partial charge on any atom is -0.496 e. The van der Waals surface area contributed by atoms with Crippen LogP contribution >= 0.6 is 0 Å². The van der Waals surface area contributed by atoms with Crippen molar-refractivity contribution in [3.63, 3.8) is 0 Å². The van der Waals surface area contributed by atoms with Crippen molar-refractivity contribution in [2.24, 2.45) is 0 Å². The Morgan fingerprint density at radius 2 is 1.95 bits per heavy atom. The molecule has 2 unspecified atom stereocenters. The Hall–Kier alpha value is -1.06. The van der Waals surface area contributed by atoms with Gasteiger partial charge in [0.1, 0.15) is 5.75 Å². The van der Waals surface area contributed by atoms with Crippen molar-refractivity contribution in [1.82, 2.24) is 10.2 Å². The number of piperidine rings is 1. The van der Waals surface area contributed by atoms with Crippen LogP contribution in [0.2, 0.25) is 0 Å². The van der Waals surface area contributed by atoms with E-state index >= 15 is 0 Å². The van der Waals surface area contributed by atoms with E-state index < -0.39 is 0 Å². The minimum absolute atomic E-state index is 0.723. The Morgan fingerprint density at radius 3 is 2.60 bits per heavy atom. The first-order valence-corrected chi connectivity index (χ1v) is 7.75. The maximum atomic E-state index is 5.43. The zero-order valence-corrected chi connectivity index (χ0v) is 12.9. The molecule has 0 radical (unpaired) electrons. The van der Waals surface area contributed by atoms with Crippen molar-refractivity contribution in [1.29, 1.82) is 0 Å². The molecule has 2 heterocycles. The van der Waals surface area contributed by atoms with E-state index in [0.29, 0.717) is 0 Å². The van der Waals surface area contributed by atoms with Gasteiger partial charge in [-0.3, -0.25) is 4.90 Å². The Labute approximate surface area is 122 Å². The molecule has 2 fully saturated rings. The molecule has 3 rings (SSSR count). The van der Waals surface area contributed by atoms with Crippen LogP contribution in [0.4, 0.5) is 0 Å². The second-order valence-corrected chi connectivity index (χ2v) is 6.48. The lowest BCUT2D eigenvalue weighted by molar-refractivity contribution is 0.166. The third-order valence-electron chi connectivity index (χ3n) is 4.98. The van der Waals surface area contributed by atoms with Gasteiger partial charge in [0, 0.05) is 24.7 Å². The summed E-state index contributed by atoms with van der Waals surface area (Å²) in [5.74, 6) is 1.00. The second-order valence-electron chi connectivity index (χ2n) is 6.48. The lowest BCUT2D eigenvalue weighted by Crippen LogP contribution is -2.46. The van der Waals surface area contributed by atoms with Gasteiger partial charge in [-0.15, -0.1) is 0 Å². The normalized spacial score (nSPS) is 28.9. The summed E-state index contributed by atoms with van der Waals surface area (Å²) < 4.78 is 5.43. The summed E-state index contributed by atoms with van der Waals surface area (Å²) in [5, 5.41) is 3.72. The third-order valence-corrected chi connectivity index (χ3v) is 4.98. The number of fused-ring (bicyclic) bond motifs is 2. The van der Waals surface area contributed by atoms with Crippen molar-refractivity contribution in [3.05, 3.63) is 29.3 Å². The minimum atomic E-state index is 0.723. The average Bonchev–Trinajstić information content (AvgIpc) is 2.79. The molecule has 2 saturated heterocycles. The molecule has 1 aromatic carbocycles. The molecule has 3 nitrogen and oxygen atoms in total. The third kappa shape index (κ3) is 2.84. The molecule has 3 heteroatoms. The molecule has 0 amide bonds. The summed E-state index contributed by atoms with van der Waals surface area (Å²) in [6.45, 7) is 3.11. The summed E-state index contributed by atoms with van der Waals surface area (Å²) in [6.07, 6.45) is 5.34. The topological polar surface area (TPSA) is 24.5 Å². The molecule has 20 heavy (non-hydrogen) atoms. The number of nitrogens with zero attached hydrogens (tertiary/aromatic N) is 1. The Kier molecular flexibility index (Phi) is 3.99. The maximum Gasteiger partial charge on any atom is 0.122 e. The van der Waals surface area contributed by atoms with Gasteiger partial charge in [0.25, 0.3) is 0 Å². The van der Waals surface area contributed by atoms with Gasteiger partial charge in [-0.1, -0.05) is 12.1 Å². The van der Waals surface area contributed by atoms with Crippen LogP contribution in [0.3, 0.4) is 0 Å². The zero-order valence-electron chi connectivity index (χ0n) is 12.9. The van der Waals surface area contributed by atoms with Gasteiger partial charge in [-0.2, -0.15) is 0 Å². The van der Waals surface area contributed by atoms with Gasteiger partial charge in [0.2, 0.25) is 0 Å². The van der Waals surface area contributed by atoms with Crippen molar-refractivity contribution >= 4 is 0 Å². The van der Waals surface area contributed by atoms with Crippen LogP contribution in [0.5, 0.6) is 5.75 Å². The summed E-state index contributed by atoms with van der Waals surface area (Å²) >= 11 is 0. The number of ether oxygens (including phenoxy) is 1. The van der Waals surface area contributed by atoms with Crippen molar-refractivity contribution < 1.29 is 4.74 Å². The summed E-state index contributed by atoms with van der Waals surface area (Å²) in [7, 11) is 4.02. The van der Waals surface area contributed by atoms with Gasteiger partial charge in [0.15, 0.2) is 0 Å². The van der Waals surface area contributed by atoms with E-state index in [2.05, 4.69) is 42.4 Å².